The number of benzene rings is 1. The number of aromatic amines is 1. The largest absolute Gasteiger partial charge is 0.347 e. The highest BCUT2D eigenvalue weighted by molar-refractivity contribution is 5.96. The monoisotopic (exact) mass is 452 g/mol. The van der Waals surface area contributed by atoms with Crippen molar-refractivity contribution in [1.82, 2.24) is 29.9 Å². The fourth-order valence-corrected chi connectivity index (χ4v) is 4.18. The molecule has 1 aromatic carbocycles. The van der Waals surface area contributed by atoms with Crippen LogP contribution in [0.1, 0.15) is 46.9 Å². The third kappa shape index (κ3) is 3.83. The SMILES string of the molecule is Cc1cccc2ncc(-c3cn4nc(C(=O)NCc5ccncc5)c(C(C)C)c4c(=O)[nH]3)cc12. The van der Waals surface area contributed by atoms with E-state index in [9.17, 15) is 9.59 Å². The van der Waals surface area contributed by atoms with Crippen LogP contribution in [-0.4, -0.2) is 30.5 Å². The van der Waals surface area contributed by atoms with Crippen molar-refractivity contribution in [3.63, 3.8) is 0 Å². The van der Waals surface area contributed by atoms with Gasteiger partial charge in [-0.3, -0.25) is 19.6 Å². The standard InChI is InChI=1S/C26H24N6O2/c1-15(2)22-23(25(33)29-12-17-7-9-27-10-8-17)31-32-14-21(30-26(34)24(22)32)18-11-19-16(3)5-4-6-20(19)28-13-18/h4-11,13-15H,12H2,1-3H3,(H,29,33)(H,30,34). The van der Waals surface area contributed by atoms with Gasteiger partial charge in [-0.05, 0) is 48.2 Å². The van der Waals surface area contributed by atoms with Gasteiger partial charge in [0.05, 0.1) is 17.4 Å². The van der Waals surface area contributed by atoms with E-state index in [1.807, 2.05) is 57.2 Å². The average Bonchev–Trinajstić information content (AvgIpc) is 3.24. The normalized spacial score (nSPS) is 11.4. The van der Waals surface area contributed by atoms with Gasteiger partial charge in [0.1, 0.15) is 5.52 Å². The van der Waals surface area contributed by atoms with E-state index in [2.05, 4.69) is 25.4 Å². The van der Waals surface area contributed by atoms with Crippen LogP contribution in [-0.2, 0) is 6.54 Å². The van der Waals surface area contributed by atoms with E-state index in [1.165, 1.54) is 4.52 Å². The maximum atomic E-state index is 13.2. The average molecular weight is 453 g/mol. The fourth-order valence-electron chi connectivity index (χ4n) is 4.18. The zero-order valence-corrected chi connectivity index (χ0v) is 19.2. The Hall–Kier alpha value is -4.33. The summed E-state index contributed by atoms with van der Waals surface area (Å²) < 4.78 is 1.51. The molecule has 0 atom stereocenters. The molecule has 0 aliphatic rings. The second-order valence-electron chi connectivity index (χ2n) is 8.61. The molecule has 4 aromatic heterocycles. The van der Waals surface area contributed by atoms with Crippen LogP contribution in [0.15, 0.2) is 66.0 Å². The maximum Gasteiger partial charge on any atom is 0.274 e. The predicted molar refractivity (Wildman–Crippen MR) is 131 cm³/mol. The molecule has 170 valence electrons. The summed E-state index contributed by atoms with van der Waals surface area (Å²) in [5.41, 5.74) is 5.21. The summed E-state index contributed by atoms with van der Waals surface area (Å²) in [6.45, 7) is 6.26. The van der Waals surface area contributed by atoms with Gasteiger partial charge in [0, 0.05) is 41.6 Å². The second-order valence-corrected chi connectivity index (χ2v) is 8.61. The zero-order valence-electron chi connectivity index (χ0n) is 19.2. The van der Waals surface area contributed by atoms with Crippen molar-refractivity contribution >= 4 is 22.3 Å². The van der Waals surface area contributed by atoms with Crippen LogP contribution in [0.2, 0.25) is 0 Å². The zero-order chi connectivity index (χ0) is 23.8. The first-order chi connectivity index (χ1) is 16.4. The highest BCUT2D eigenvalue weighted by Gasteiger charge is 2.24. The number of hydrogen-bond acceptors (Lipinski definition) is 5. The minimum absolute atomic E-state index is 0.0730. The summed E-state index contributed by atoms with van der Waals surface area (Å²) in [4.78, 5) is 37.7. The van der Waals surface area contributed by atoms with Gasteiger partial charge >= 0.3 is 0 Å². The minimum Gasteiger partial charge on any atom is -0.347 e. The number of aromatic nitrogens is 5. The molecule has 0 fully saturated rings. The molecule has 5 aromatic rings. The van der Waals surface area contributed by atoms with Gasteiger partial charge < -0.3 is 10.3 Å². The smallest absolute Gasteiger partial charge is 0.274 e. The lowest BCUT2D eigenvalue weighted by Crippen LogP contribution is -2.24. The number of nitrogens with one attached hydrogen (secondary N) is 2. The Morgan fingerprint density at radius 3 is 2.74 bits per heavy atom. The lowest BCUT2D eigenvalue weighted by molar-refractivity contribution is 0.0944. The number of fused-ring (bicyclic) bond motifs is 2. The Balaban J connectivity index is 1.57. The van der Waals surface area contributed by atoms with E-state index in [-0.39, 0.29) is 23.1 Å². The third-order valence-electron chi connectivity index (χ3n) is 5.91. The van der Waals surface area contributed by atoms with Crippen LogP contribution >= 0.6 is 0 Å². The highest BCUT2D eigenvalue weighted by Crippen LogP contribution is 2.26. The molecule has 1 amide bonds. The van der Waals surface area contributed by atoms with Gasteiger partial charge in [-0.15, -0.1) is 0 Å². The molecule has 0 aliphatic carbocycles. The Kier molecular flexibility index (Phi) is 5.41. The van der Waals surface area contributed by atoms with E-state index >= 15 is 0 Å². The molecule has 0 spiro atoms. The molecular formula is C26H24N6O2. The number of nitrogens with zero attached hydrogens (tertiary/aromatic N) is 4. The van der Waals surface area contributed by atoms with Crippen LogP contribution in [0.4, 0.5) is 0 Å². The molecule has 4 heterocycles. The summed E-state index contributed by atoms with van der Waals surface area (Å²) in [7, 11) is 0. The topological polar surface area (TPSA) is 105 Å². The van der Waals surface area contributed by atoms with E-state index in [1.54, 1.807) is 24.8 Å². The Morgan fingerprint density at radius 2 is 1.97 bits per heavy atom. The lowest BCUT2D eigenvalue weighted by Gasteiger charge is -2.08. The molecule has 0 radical (unpaired) electrons. The molecule has 5 rings (SSSR count). The van der Waals surface area contributed by atoms with Crippen molar-refractivity contribution in [2.45, 2.75) is 33.2 Å². The van der Waals surface area contributed by atoms with E-state index < -0.39 is 0 Å². The van der Waals surface area contributed by atoms with Crippen LogP contribution < -0.4 is 10.9 Å². The van der Waals surface area contributed by atoms with Gasteiger partial charge in [-0.1, -0.05) is 26.0 Å². The summed E-state index contributed by atoms with van der Waals surface area (Å²) in [5.74, 6) is -0.399. The summed E-state index contributed by atoms with van der Waals surface area (Å²) in [6.07, 6.45) is 6.82. The van der Waals surface area contributed by atoms with E-state index in [4.69, 9.17) is 0 Å². The van der Waals surface area contributed by atoms with E-state index in [0.29, 0.717) is 23.3 Å². The molecule has 34 heavy (non-hydrogen) atoms. The highest BCUT2D eigenvalue weighted by atomic mass is 16.2. The molecule has 2 N–H and O–H groups in total. The van der Waals surface area contributed by atoms with Crippen molar-refractivity contribution in [3.05, 3.63) is 93.9 Å². The van der Waals surface area contributed by atoms with Crippen LogP contribution in [0.3, 0.4) is 0 Å². The summed E-state index contributed by atoms with van der Waals surface area (Å²) in [5, 5.41) is 8.44. The number of hydrogen-bond donors (Lipinski definition) is 2. The van der Waals surface area contributed by atoms with E-state index in [0.717, 1.165) is 27.6 Å². The van der Waals surface area contributed by atoms with Gasteiger partial charge in [0.25, 0.3) is 11.5 Å². The number of rotatable bonds is 5. The summed E-state index contributed by atoms with van der Waals surface area (Å²) >= 11 is 0. The van der Waals surface area contributed by atoms with Crippen molar-refractivity contribution in [2.24, 2.45) is 0 Å². The third-order valence-corrected chi connectivity index (χ3v) is 5.91. The molecule has 0 saturated heterocycles. The lowest BCUT2D eigenvalue weighted by atomic mass is 10.0. The van der Waals surface area contributed by atoms with Crippen molar-refractivity contribution < 1.29 is 4.79 Å². The molecule has 0 saturated carbocycles. The quantitative estimate of drug-likeness (QED) is 0.419. The Bertz CT molecular complexity index is 1580. The molecule has 8 nitrogen and oxygen atoms in total. The van der Waals surface area contributed by atoms with Gasteiger partial charge in [-0.2, -0.15) is 5.10 Å². The number of pyridine rings is 2. The van der Waals surface area contributed by atoms with Crippen molar-refractivity contribution in [3.8, 4) is 11.3 Å². The number of carbonyl (C=O) groups is 1. The second kappa shape index (κ2) is 8.55. The number of H-pyrrole nitrogens is 1. The fraction of sp³-hybridized carbons (Fsp3) is 0.192. The maximum absolute atomic E-state index is 13.2. The van der Waals surface area contributed by atoms with Crippen LogP contribution in [0.25, 0.3) is 27.7 Å². The first-order valence-electron chi connectivity index (χ1n) is 11.1. The minimum atomic E-state index is -0.326. The molecular weight excluding hydrogens is 428 g/mol. The van der Waals surface area contributed by atoms with Crippen molar-refractivity contribution in [2.75, 3.05) is 0 Å². The first-order valence-corrected chi connectivity index (χ1v) is 11.1. The Morgan fingerprint density at radius 1 is 1.18 bits per heavy atom. The molecule has 0 unspecified atom stereocenters. The van der Waals surface area contributed by atoms with Crippen LogP contribution in [0.5, 0.6) is 0 Å². The van der Waals surface area contributed by atoms with Gasteiger partial charge in [-0.25, -0.2) is 4.52 Å². The Labute approximate surface area is 195 Å². The molecule has 0 bridgehead atoms. The van der Waals surface area contributed by atoms with Gasteiger partial charge in [0.15, 0.2) is 5.69 Å². The number of amides is 1. The van der Waals surface area contributed by atoms with Crippen molar-refractivity contribution in [1.29, 1.82) is 0 Å². The van der Waals surface area contributed by atoms with Crippen LogP contribution in [0, 0.1) is 6.92 Å². The predicted octanol–water partition coefficient (Wildman–Crippen LogP) is 3.99. The molecule has 8 heteroatoms. The van der Waals surface area contributed by atoms with Gasteiger partial charge in [0.2, 0.25) is 0 Å². The number of carbonyl (C=O) groups excluding carboxylic acids is 1. The molecule has 0 aliphatic heterocycles. The summed E-state index contributed by atoms with van der Waals surface area (Å²) in [6, 6.07) is 11.6. The number of aryl methyl sites for hydroxylation is 1. The first kappa shape index (κ1) is 21.5.